The van der Waals surface area contributed by atoms with Crippen LogP contribution < -0.4 is 21.3 Å². The van der Waals surface area contributed by atoms with Crippen molar-refractivity contribution in [2.75, 3.05) is 5.32 Å². The van der Waals surface area contributed by atoms with E-state index in [9.17, 15) is 29.3 Å². The van der Waals surface area contributed by atoms with Crippen LogP contribution in [-0.4, -0.2) is 46.7 Å². The number of nitrogens with one attached hydrogen (secondary N) is 4. The number of amides is 4. The van der Waals surface area contributed by atoms with Crippen molar-refractivity contribution in [1.82, 2.24) is 16.0 Å². The number of benzene rings is 2. The van der Waals surface area contributed by atoms with Crippen LogP contribution in [-0.2, 0) is 25.6 Å². The molecule has 1 aliphatic heterocycles. The molecule has 1 heterocycles. The molecule has 34 heavy (non-hydrogen) atoms. The molecule has 3 atom stereocenters. The number of carbonyl (C=O) groups is 4. The van der Waals surface area contributed by atoms with Crippen molar-refractivity contribution in [3.05, 3.63) is 70.3 Å². The van der Waals surface area contributed by atoms with E-state index in [1.54, 1.807) is 0 Å². The van der Waals surface area contributed by atoms with Crippen molar-refractivity contribution < 1.29 is 24.1 Å². The SMILES string of the molecule is C[C@H](NC(=O)[C@H](Cc1ccccc1)NC(=O)[C@@H]1CCC(=O)N1)C(=O)Nc1ccc([N+](=O)[O-])cc1. The fourth-order valence-corrected chi connectivity index (χ4v) is 3.44. The highest BCUT2D eigenvalue weighted by atomic mass is 16.6. The van der Waals surface area contributed by atoms with Crippen LogP contribution in [0.5, 0.6) is 0 Å². The van der Waals surface area contributed by atoms with Gasteiger partial charge in [0.15, 0.2) is 0 Å². The summed E-state index contributed by atoms with van der Waals surface area (Å²) in [5, 5.41) is 21.2. The van der Waals surface area contributed by atoms with E-state index < -0.39 is 40.8 Å². The molecule has 2 aromatic rings. The minimum atomic E-state index is -0.970. The Labute approximate surface area is 195 Å². The first-order chi connectivity index (χ1) is 16.2. The van der Waals surface area contributed by atoms with Crippen LogP contribution in [0.4, 0.5) is 11.4 Å². The summed E-state index contributed by atoms with van der Waals surface area (Å²) in [6.07, 6.45) is 0.779. The van der Waals surface area contributed by atoms with Crippen molar-refractivity contribution in [3.63, 3.8) is 0 Å². The summed E-state index contributed by atoms with van der Waals surface area (Å²) in [5.41, 5.74) is 1.03. The van der Waals surface area contributed by atoms with E-state index in [-0.39, 0.29) is 24.4 Å². The Morgan fingerprint density at radius 2 is 1.74 bits per heavy atom. The van der Waals surface area contributed by atoms with Gasteiger partial charge in [0.25, 0.3) is 5.69 Å². The predicted molar refractivity (Wildman–Crippen MR) is 123 cm³/mol. The summed E-state index contributed by atoms with van der Waals surface area (Å²) in [6, 6.07) is 11.7. The lowest BCUT2D eigenvalue weighted by Gasteiger charge is -2.22. The highest BCUT2D eigenvalue weighted by Crippen LogP contribution is 2.15. The van der Waals surface area contributed by atoms with E-state index in [0.717, 1.165) is 5.56 Å². The molecule has 0 radical (unpaired) electrons. The van der Waals surface area contributed by atoms with Gasteiger partial charge in [-0.25, -0.2) is 0 Å². The van der Waals surface area contributed by atoms with Crippen LogP contribution in [0, 0.1) is 10.1 Å². The molecule has 3 rings (SSSR count). The molecule has 4 N–H and O–H groups in total. The molecule has 2 aromatic carbocycles. The van der Waals surface area contributed by atoms with E-state index >= 15 is 0 Å². The molecule has 1 fully saturated rings. The van der Waals surface area contributed by atoms with Gasteiger partial charge in [-0.05, 0) is 31.0 Å². The predicted octanol–water partition coefficient (Wildman–Crippen LogP) is 1.04. The van der Waals surface area contributed by atoms with Gasteiger partial charge in [-0.15, -0.1) is 0 Å². The zero-order chi connectivity index (χ0) is 24.7. The molecule has 11 heteroatoms. The minimum Gasteiger partial charge on any atom is -0.344 e. The maximum Gasteiger partial charge on any atom is 0.269 e. The number of rotatable bonds is 9. The second-order valence-electron chi connectivity index (χ2n) is 7.93. The lowest BCUT2D eigenvalue weighted by molar-refractivity contribution is -0.384. The molecule has 0 spiro atoms. The first-order valence-electron chi connectivity index (χ1n) is 10.7. The van der Waals surface area contributed by atoms with Gasteiger partial charge >= 0.3 is 0 Å². The second-order valence-corrected chi connectivity index (χ2v) is 7.93. The van der Waals surface area contributed by atoms with Crippen molar-refractivity contribution >= 4 is 35.0 Å². The largest absolute Gasteiger partial charge is 0.344 e. The molecular formula is C23H25N5O6. The van der Waals surface area contributed by atoms with Gasteiger partial charge in [-0.2, -0.15) is 0 Å². The fraction of sp³-hybridized carbons (Fsp3) is 0.304. The molecule has 4 amide bonds. The van der Waals surface area contributed by atoms with Gasteiger partial charge in [0.05, 0.1) is 4.92 Å². The quantitative estimate of drug-likeness (QED) is 0.318. The van der Waals surface area contributed by atoms with Crippen LogP contribution in [0.25, 0.3) is 0 Å². The smallest absolute Gasteiger partial charge is 0.269 e. The first kappa shape index (κ1) is 24.4. The van der Waals surface area contributed by atoms with Crippen molar-refractivity contribution in [2.24, 2.45) is 0 Å². The van der Waals surface area contributed by atoms with Gasteiger partial charge in [-0.3, -0.25) is 29.3 Å². The molecule has 0 aliphatic carbocycles. The molecule has 11 nitrogen and oxygen atoms in total. The molecule has 0 bridgehead atoms. The first-order valence-corrected chi connectivity index (χ1v) is 10.7. The van der Waals surface area contributed by atoms with Crippen LogP contribution in [0.1, 0.15) is 25.3 Å². The van der Waals surface area contributed by atoms with Gasteiger partial charge in [-0.1, -0.05) is 30.3 Å². The number of nitro groups is 1. The maximum atomic E-state index is 13.0. The Morgan fingerprint density at radius 3 is 2.32 bits per heavy atom. The summed E-state index contributed by atoms with van der Waals surface area (Å²) >= 11 is 0. The lowest BCUT2D eigenvalue weighted by Crippen LogP contribution is -2.55. The van der Waals surface area contributed by atoms with Crippen LogP contribution in [0.15, 0.2) is 54.6 Å². The number of carbonyl (C=O) groups excluding carboxylic acids is 4. The average molecular weight is 467 g/mol. The van der Waals surface area contributed by atoms with Crippen molar-refractivity contribution in [1.29, 1.82) is 0 Å². The van der Waals surface area contributed by atoms with E-state index in [4.69, 9.17) is 0 Å². The topological polar surface area (TPSA) is 160 Å². The second kappa shape index (κ2) is 11.0. The summed E-state index contributed by atoms with van der Waals surface area (Å²) in [6.45, 7) is 1.48. The zero-order valence-electron chi connectivity index (χ0n) is 18.4. The fourth-order valence-electron chi connectivity index (χ4n) is 3.44. The van der Waals surface area contributed by atoms with Crippen molar-refractivity contribution in [2.45, 2.75) is 44.3 Å². The van der Waals surface area contributed by atoms with E-state index in [0.29, 0.717) is 12.1 Å². The van der Waals surface area contributed by atoms with Crippen LogP contribution >= 0.6 is 0 Å². The Balaban J connectivity index is 1.64. The highest BCUT2D eigenvalue weighted by molar-refractivity contribution is 5.99. The Morgan fingerprint density at radius 1 is 1.06 bits per heavy atom. The molecular weight excluding hydrogens is 442 g/mol. The lowest BCUT2D eigenvalue weighted by atomic mass is 10.0. The Hall–Kier alpha value is -4.28. The number of hydrogen-bond donors (Lipinski definition) is 4. The minimum absolute atomic E-state index is 0.114. The molecule has 0 unspecified atom stereocenters. The molecule has 0 aromatic heterocycles. The number of hydrogen-bond acceptors (Lipinski definition) is 6. The van der Waals surface area contributed by atoms with E-state index in [1.165, 1.54) is 31.2 Å². The molecule has 178 valence electrons. The third kappa shape index (κ3) is 6.61. The standard InChI is InChI=1S/C23H25N5O6/c1-14(21(30)25-16-7-9-17(10-8-16)28(33)34)24-23(32)19(13-15-5-3-2-4-6-15)27-22(31)18-11-12-20(29)26-18/h2-10,14,18-19H,11-13H2,1H3,(H,24,32)(H,25,30)(H,26,29)(H,27,31)/t14-,18-,19-/m0/s1. The van der Waals surface area contributed by atoms with Gasteiger partial charge < -0.3 is 21.3 Å². The van der Waals surface area contributed by atoms with E-state index in [1.807, 2.05) is 30.3 Å². The number of nitrogens with zero attached hydrogens (tertiary/aromatic N) is 1. The van der Waals surface area contributed by atoms with Crippen LogP contribution in [0.2, 0.25) is 0 Å². The summed E-state index contributed by atoms with van der Waals surface area (Å²) in [7, 11) is 0. The third-order valence-electron chi connectivity index (χ3n) is 5.33. The summed E-state index contributed by atoms with van der Waals surface area (Å²) < 4.78 is 0. The summed E-state index contributed by atoms with van der Waals surface area (Å²) in [5.74, 6) is -1.78. The van der Waals surface area contributed by atoms with Gasteiger partial charge in [0, 0.05) is 30.7 Å². The highest BCUT2D eigenvalue weighted by Gasteiger charge is 2.31. The molecule has 0 saturated carbocycles. The number of anilines is 1. The van der Waals surface area contributed by atoms with Crippen LogP contribution in [0.3, 0.4) is 0 Å². The molecule has 1 aliphatic rings. The maximum absolute atomic E-state index is 13.0. The third-order valence-corrected chi connectivity index (χ3v) is 5.33. The number of non-ortho nitro benzene ring substituents is 1. The van der Waals surface area contributed by atoms with E-state index in [2.05, 4.69) is 21.3 Å². The molecule has 1 saturated heterocycles. The Bertz CT molecular complexity index is 1070. The monoisotopic (exact) mass is 467 g/mol. The number of nitro benzene ring substituents is 1. The van der Waals surface area contributed by atoms with Crippen molar-refractivity contribution in [3.8, 4) is 0 Å². The Kier molecular flexibility index (Phi) is 7.91. The van der Waals surface area contributed by atoms with Gasteiger partial charge in [0.1, 0.15) is 18.1 Å². The normalized spacial score (nSPS) is 16.6. The summed E-state index contributed by atoms with van der Waals surface area (Å²) in [4.78, 5) is 59.8. The average Bonchev–Trinajstić information content (AvgIpc) is 3.26. The zero-order valence-corrected chi connectivity index (χ0v) is 18.4. The van der Waals surface area contributed by atoms with Gasteiger partial charge in [0.2, 0.25) is 23.6 Å².